The molecular formula is C18H30N4O2. The fourth-order valence-electron chi connectivity index (χ4n) is 2.44. The molecule has 0 radical (unpaired) electrons. The fourth-order valence-corrected chi connectivity index (χ4v) is 2.44. The lowest BCUT2D eigenvalue weighted by Crippen LogP contribution is -2.40. The van der Waals surface area contributed by atoms with Crippen LogP contribution in [0.3, 0.4) is 0 Å². The fraction of sp³-hybridized carbons (Fsp3) is 0.556. The number of carbonyl (C=O) groups is 2. The van der Waals surface area contributed by atoms with Crippen LogP contribution in [0.1, 0.15) is 37.6 Å². The van der Waals surface area contributed by atoms with E-state index in [1.54, 1.807) is 24.3 Å². The first kappa shape index (κ1) is 20.1. The zero-order valence-electron chi connectivity index (χ0n) is 15.2. The van der Waals surface area contributed by atoms with Crippen LogP contribution in [0.25, 0.3) is 0 Å². The zero-order valence-corrected chi connectivity index (χ0v) is 15.2. The number of amides is 2. The molecule has 0 aliphatic carbocycles. The Bertz CT molecular complexity index is 526. The Kier molecular flexibility index (Phi) is 8.43. The standard InChI is InChI=1S/C18H30N4O2/c1-5-22(6-2)13-7-12-21(4)14(3)18(24)20-16-10-8-15(9-11-16)17(19)23/h8-11,14H,5-7,12-13H2,1-4H3,(H2,19,23)(H,20,24)/t14-/m1/s1. The predicted molar refractivity (Wildman–Crippen MR) is 98.1 cm³/mol. The van der Waals surface area contributed by atoms with Crippen molar-refractivity contribution in [2.75, 3.05) is 38.5 Å². The van der Waals surface area contributed by atoms with Gasteiger partial charge in [0.15, 0.2) is 0 Å². The van der Waals surface area contributed by atoms with Gasteiger partial charge in [0.25, 0.3) is 0 Å². The van der Waals surface area contributed by atoms with E-state index in [0.717, 1.165) is 32.6 Å². The third kappa shape index (κ3) is 6.29. The highest BCUT2D eigenvalue weighted by molar-refractivity contribution is 5.96. The summed E-state index contributed by atoms with van der Waals surface area (Å²) in [6.07, 6.45) is 1.03. The highest BCUT2D eigenvalue weighted by Gasteiger charge is 2.18. The van der Waals surface area contributed by atoms with Gasteiger partial charge in [0.05, 0.1) is 6.04 Å². The van der Waals surface area contributed by atoms with Crippen LogP contribution < -0.4 is 11.1 Å². The first-order chi connectivity index (χ1) is 11.4. The molecule has 0 aliphatic rings. The molecule has 6 nitrogen and oxygen atoms in total. The van der Waals surface area contributed by atoms with E-state index in [2.05, 4.69) is 29.0 Å². The molecule has 24 heavy (non-hydrogen) atoms. The lowest BCUT2D eigenvalue weighted by molar-refractivity contribution is -0.120. The lowest BCUT2D eigenvalue weighted by atomic mass is 10.2. The number of benzene rings is 1. The smallest absolute Gasteiger partial charge is 0.248 e. The number of likely N-dealkylation sites (N-methyl/N-ethyl adjacent to an activating group) is 1. The van der Waals surface area contributed by atoms with Gasteiger partial charge in [-0.3, -0.25) is 14.5 Å². The highest BCUT2D eigenvalue weighted by Crippen LogP contribution is 2.10. The summed E-state index contributed by atoms with van der Waals surface area (Å²) < 4.78 is 0. The largest absolute Gasteiger partial charge is 0.366 e. The first-order valence-electron chi connectivity index (χ1n) is 8.52. The van der Waals surface area contributed by atoms with E-state index in [1.807, 2.05) is 14.0 Å². The number of nitrogens with one attached hydrogen (secondary N) is 1. The summed E-state index contributed by atoms with van der Waals surface area (Å²) in [7, 11) is 1.96. The normalized spacial score (nSPS) is 12.4. The molecule has 0 heterocycles. The number of hydrogen-bond acceptors (Lipinski definition) is 4. The molecule has 0 aliphatic heterocycles. The van der Waals surface area contributed by atoms with Crippen LogP contribution in [0.2, 0.25) is 0 Å². The van der Waals surface area contributed by atoms with Crippen LogP contribution >= 0.6 is 0 Å². The van der Waals surface area contributed by atoms with Gasteiger partial charge in [-0.15, -0.1) is 0 Å². The summed E-state index contributed by atoms with van der Waals surface area (Å²) in [6.45, 7) is 10.2. The summed E-state index contributed by atoms with van der Waals surface area (Å²) >= 11 is 0. The number of primary amides is 1. The minimum atomic E-state index is -0.478. The maximum atomic E-state index is 12.3. The molecule has 1 rings (SSSR count). The Morgan fingerprint density at radius 3 is 2.21 bits per heavy atom. The number of nitrogens with zero attached hydrogens (tertiary/aromatic N) is 2. The molecule has 0 unspecified atom stereocenters. The Morgan fingerprint density at radius 1 is 1.12 bits per heavy atom. The molecule has 1 atom stereocenters. The summed E-state index contributed by atoms with van der Waals surface area (Å²) in [6, 6.07) is 6.36. The topological polar surface area (TPSA) is 78.7 Å². The molecule has 3 N–H and O–H groups in total. The zero-order chi connectivity index (χ0) is 18.1. The van der Waals surface area contributed by atoms with Crippen LogP contribution in [0.5, 0.6) is 0 Å². The molecular weight excluding hydrogens is 304 g/mol. The molecule has 0 saturated heterocycles. The average Bonchev–Trinajstić information content (AvgIpc) is 2.58. The second-order valence-corrected chi connectivity index (χ2v) is 5.97. The van der Waals surface area contributed by atoms with Crippen molar-refractivity contribution in [3.05, 3.63) is 29.8 Å². The molecule has 0 bridgehead atoms. The molecule has 1 aromatic carbocycles. The highest BCUT2D eigenvalue weighted by atomic mass is 16.2. The molecule has 6 heteroatoms. The molecule has 1 aromatic rings. The SMILES string of the molecule is CCN(CC)CCCN(C)[C@H](C)C(=O)Nc1ccc(C(N)=O)cc1. The lowest BCUT2D eigenvalue weighted by Gasteiger charge is -2.25. The summed E-state index contributed by atoms with van der Waals surface area (Å²) in [5.41, 5.74) is 6.29. The number of anilines is 1. The Hall–Kier alpha value is -1.92. The predicted octanol–water partition coefficient (Wildman–Crippen LogP) is 1.78. The summed E-state index contributed by atoms with van der Waals surface area (Å²) in [5.74, 6) is -0.540. The minimum absolute atomic E-state index is 0.0628. The van der Waals surface area contributed by atoms with E-state index in [-0.39, 0.29) is 11.9 Å². The molecule has 0 aromatic heterocycles. The van der Waals surface area contributed by atoms with Crippen LogP contribution in [-0.4, -0.2) is 60.9 Å². The summed E-state index contributed by atoms with van der Waals surface area (Å²) in [4.78, 5) is 27.8. The van der Waals surface area contributed by atoms with Gasteiger partial charge < -0.3 is 16.0 Å². The summed E-state index contributed by atoms with van der Waals surface area (Å²) in [5, 5.41) is 2.87. The Balaban J connectivity index is 2.46. The van der Waals surface area contributed by atoms with Crippen molar-refractivity contribution in [1.29, 1.82) is 0 Å². The van der Waals surface area contributed by atoms with Gasteiger partial charge >= 0.3 is 0 Å². The number of nitrogens with two attached hydrogens (primary N) is 1. The van der Waals surface area contributed by atoms with Crippen LogP contribution in [0, 0.1) is 0 Å². The van der Waals surface area contributed by atoms with Gasteiger partial charge in [0.2, 0.25) is 11.8 Å². The number of hydrogen-bond donors (Lipinski definition) is 2. The van der Waals surface area contributed by atoms with Gasteiger partial charge in [0, 0.05) is 11.3 Å². The Morgan fingerprint density at radius 2 is 1.71 bits per heavy atom. The Labute approximate surface area is 145 Å². The second kappa shape index (κ2) is 10.1. The van der Waals surface area contributed by atoms with Crippen molar-refractivity contribution in [1.82, 2.24) is 9.80 Å². The van der Waals surface area contributed by atoms with Crippen LogP contribution in [-0.2, 0) is 4.79 Å². The van der Waals surface area contributed by atoms with Crippen molar-refractivity contribution < 1.29 is 9.59 Å². The number of carbonyl (C=O) groups excluding carboxylic acids is 2. The quantitative estimate of drug-likeness (QED) is 0.683. The van der Waals surface area contributed by atoms with Crippen LogP contribution in [0.15, 0.2) is 24.3 Å². The van der Waals surface area contributed by atoms with E-state index >= 15 is 0 Å². The van der Waals surface area contributed by atoms with Gasteiger partial charge in [-0.05, 0) is 70.8 Å². The van der Waals surface area contributed by atoms with Crippen molar-refractivity contribution in [3.8, 4) is 0 Å². The molecule has 0 fully saturated rings. The second-order valence-electron chi connectivity index (χ2n) is 5.97. The third-order valence-corrected chi connectivity index (χ3v) is 4.36. The molecule has 134 valence electrons. The van der Waals surface area contributed by atoms with Gasteiger partial charge in [-0.25, -0.2) is 0 Å². The first-order valence-corrected chi connectivity index (χ1v) is 8.52. The monoisotopic (exact) mass is 334 g/mol. The van der Waals surface area contributed by atoms with E-state index < -0.39 is 5.91 Å². The van der Waals surface area contributed by atoms with Gasteiger partial charge in [0.1, 0.15) is 0 Å². The molecule has 2 amide bonds. The maximum absolute atomic E-state index is 12.3. The third-order valence-electron chi connectivity index (χ3n) is 4.36. The maximum Gasteiger partial charge on any atom is 0.248 e. The van der Waals surface area contributed by atoms with Gasteiger partial charge in [-0.1, -0.05) is 13.8 Å². The van der Waals surface area contributed by atoms with Crippen molar-refractivity contribution in [2.45, 2.75) is 33.2 Å². The van der Waals surface area contributed by atoms with Crippen LogP contribution in [0.4, 0.5) is 5.69 Å². The van der Waals surface area contributed by atoms with E-state index in [0.29, 0.717) is 11.3 Å². The molecule has 0 spiro atoms. The van der Waals surface area contributed by atoms with Crippen molar-refractivity contribution in [3.63, 3.8) is 0 Å². The van der Waals surface area contributed by atoms with E-state index in [4.69, 9.17) is 5.73 Å². The number of rotatable bonds is 10. The minimum Gasteiger partial charge on any atom is -0.366 e. The van der Waals surface area contributed by atoms with E-state index in [1.165, 1.54) is 0 Å². The van der Waals surface area contributed by atoms with Crippen molar-refractivity contribution >= 4 is 17.5 Å². The van der Waals surface area contributed by atoms with Gasteiger partial charge in [-0.2, -0.15) is 0 Å². The van der Waals surface area contributed by atoms with E-state index in [9.17, 15) is 9.59 Å². The average molecular weight is 334 g/mol. The van der Waals surface area contributed by atoms with Crippen molar-refractivity contribution in [2.24, 2.45) is 5.73 Å². The molecule has 0 saturated carbocycles.